The summed E-state index contributed by atoms with van der Waals surface area (Å²) in [6.07, 6.45) is 1.99. The Morgan fingerprint density at radius 2 is 1.76 bits per heavy atom. The van der Waals surface area contributed by atoms with Crippen molar-refractivity contribution < 1.29 is 14.0 Å². The van der Waals surface area contributed by atoms with Gasteiger partial charge in [0.25, 0.3) is 0 Å². The molecule has 7 heteroatoms. The highest BCUT2D eigenvalue weighted by Crippen LogP contribution is 2.32. The van der Waals surface area contributed by atoms with Crippen molar-refractivity contribution >= 4 is 17.6 Å². The highest BCUT2D eigenvalue weighted by molar-refractivity contribution is 5.92. The van der Waals surface area contributed by atoms with Gasteiger partial charge in [0.2, 0.25) is 5.91 Å². The van der Waals surface area contributed by atoms with Crippen LogP contribution in [0.4, 0.5) is 14.9 Å². The fraction of sp³-hybridized carbons (Fsp3) is 0.308. The van der Waals surface area contributed by atoms with Crippen LogP contribution in [0.5, 0.6) is 0 Å². The van der Waals surface area contributed by atoms with E-state index < -0.39 is 0 Å². The lowest BCUT2D eigenvalue weighted by atomic mass is 9.99. The van der Waals surface area contributed by atoms with E-state index in [1.54, 1.807) is 17.0 Å². The predicted molar refractivity (Wildman–Crippen MR) is 126 cm³/mol. The van der Waals surface area contributed by atoms with Crippen molar-refractivity contribution in [1.82, 2.24) is 14.4 Å². The molecule has 3 aromatic rings. The van der Waals surface area contributed by atoms with E-state index >= 15 is 0 Å². The monoisotopic (exact) mass is 448 g/mol. The molecule has 0 radical (unpaired) electrons. The molecule has 6 nitrogen and oxygen atoms in total. The number of carbonyl (C=O) groups is 2. The standard InChI is InChI=1S/C26H29FN4O2/c1-18(2)31(26(33)28-22-12-6-19(3)7-13-22)17-24(32)30-16-15-29-14-4-5-23(29)25(30)20-8-10-21(27)11-9-20/h4-14,18,25H,15-17H2,1-3H3,(H,28,33). The fourth-order valence-corrected chi connectivity index (χ4v) is 4.21. The molecule has 2 heterocycles. The first-order valence-corrected chi connectivity index (χ1v) is 11.2. The molecule has 0 fully saturated rings. The van der Waals surface area contributed by atoms with Crippen LogP contribution in [0, 0.1) is 12.7 Å². The highest BCUT2D eigenvalue weighted by Gasteiger charge is 2.34. The zero-order valence-electron chi connectivity index (χ0n) is 19.2. The van der Waals surface area contributed by atoms with Gasteiger partial charge < -0.3 is 19.7 Å². The number of carbonyl (C=O) groups excluding carboxylic acids is 2. The average molecular weight is 449 g/mol. The van der Waals surface area contributed by atoms with Crippen LogP contribution < -0.4 is 5.32 Å². The summed E-state index contributed by atoms with van der Waals surface area (Å²) < 4.78 is 15.7. The third-order valence-corrected chi connectivity index (χ3v) is 6.04. The van der Waals surface area contributed by atoms with Crippen LogP contribution in [0.1, 0.15) is 36.7 Å². The third kappa shape index (κ3) is 4.92. The lowest BCUT2D eigenvalue weighted by Crippen LogP contribution is -2.50. The van der Waals surface area contributed by atoms with Gasteiger partial charge in [-0.15, -0.1) is 0 Å². The number of hydrogen-bond donors (Lipinski definition) is 1. The number of aromatic nitrogens is 1. The lowest BCUT2D eigenvalue weighted by molar-refractivity contribution is -0.134. The van der Waals surface area contributed by atoms with Gasteiger partial charge in [0.1, 0.15) is 12.4 Å². The Kier molecular flexibility index (Phi) is 6.49. The Bertz CT molecular complexity index is 1120. The summed E-state index contributed by atoms with van der Waals surface area (Å²) in [5.74, 6) is -0.467. The van der Waals surface area contributed by atoms with E-state index in [1.165, 1.54) is 17.0 Å². The Labute approximate surface area is 193 Å². The topological polar surface area (TPSA) is 57.6 Å². The Morgan fingerprint density at radius 3 is 2.42 bits per heavy atom. The third-order valence-electron chi connectivity index (χ3n) is 6.04. The second-order valence-corrected chi connectivity index (χ2v) is 8.69. The molecular formula is C26H29FN4O2. The number of nitrogens with zero attached hydrogens (tertiary/aromatic N) is 3. The van der Waals surface area contributed by atoms with Gasteiger partial charge in [-0.25, -0.2) is 9.18 Å². The predicted octanol–water partition coefficient (Wildman–Crippen LogP) is 4.81. The van der Waals surface area contributed by atoms with Crippen LogP contribution in [-0.4, -0.2) is 45.4 Å². The van der Waals surface area contributed by atoms with Crippen LogP contribution in [-0.2, 0) is 11.3 Å². The largest absolute Gasteiger partial charge is 0.348 e. The van der Waals surface area contributed by atoms with E-state index in [1.807, 2.05) is 63.4 Å². The number of halogens is 1. The normalized spacial score (nSPS) is 15.3. The van der Waals surface area contributed by atoms with Crippen LogP contribution in [0.25, 0.3) is 0 Å². The quantitative estimate of drug-likeness (QED) is 0.609. The molecule has 1 aliphatic rings. The maximum atomic E-state index is 13.6. The van der Waals surface area contributed by atoms with Gasteiger partial charge in [-0.05, 0) is 62.7 Å². The zero-order chi connectivity index (χ0) is 23.5. The first-order chi connectivity index (χ1) is 15.8. The molecule has 33 heavy (non-hydrogen) atoms. The molecule has 3 amide bonds. The number of hydrogen-bond acceptors (Lipinski definition) is 2. The van der Waals surface area contributed by atoms with Gasteiger partial charge in [0.15, 0.2) is 0 Å². The second-order valence-electron chi connectivity index (χ2n) is 8.69. The number of fused-ring (bicyclic) bond motifs is 1. The average Bonchev–Trinajstić information content (AvgIpc) is 3.27. The van der Waals surface area contributed by atoms with E-state index in [9.17, 15) is 14.0 Å². The van der Waals surface area contributed by atoms with Crippen LogP contribution >= 0.6 is 0 Å². The van der Waals surface area contributed by atoms with Crippen LogP contribution in [0.3, 0.4) is 0 Å². The SMILES string of the molecule is Cc1ccc(NC(=O)N(CC(=O)N2CCn3cccc3C2c2ccc(F)cc2)C(C)C)cc1. The summed E-state index contributed by atoms with van der Waals surface area (Å²) >= 11 is 0. The molecule has 0 bridgehead atoms. The highest BCUT2D eigenvalue weighted by atomic mass is 19.1. The van der Waals surface area contributed by atoms with Crippen molar-refractivity contribution in [1.29, 1.82) is 0 Å². The van der Waals surface area contributed by atoms with Crippen LogP contribution in [0.2, 0.25) is 0 Å². The Balaban J connectivity index is 1.56. The molecule has 1 aromatic heterocycles. The number of anilines is 1. The summed E-state index contributed by atoms with van der Waals surface area (Å²) in [5, 5.41) is 2.89. The van der Waals surface area contributed by atoms with Gasteiger partial charge in [0.05, 0.1) is 6.04 Å². The van der Waals surface area contributed by atoms with Crippen molar-refractivity contribution in [3.63, 3.8) is 0 Å². The number of aryl methyl sites for hydroxylation is 1. The Morgan fingerprint density at radius 1 is 1.06 bits per heavy atom. The first-order valence-electron chi connectivity index (χ1n) is 11.2. The van der Waals surface area contributed by atoms with E-state index in [-0.39, 0.29) is 36.4 Å². The number of rotatable bonds is 5. The smallest absolute Gasteiger partial charge is 0.322 e. The van der Waals surface area contributed by atoms with Crippen molar-refractivity contribution in [2.45, 2.75) is 39.4 Å². The van der Waals surface area contributed by atoms with Gasteiger partial charge in [-0.2, -0.15) is 0 Å². The minimum Gasteiger partial charge on any atom is -0.348 e. The molecule has 1 atom stereocenters. The van der Waals surface area contributed by atoms with E-state index in [0.29, 0.717) is 18.8 Å². The molecule has 0 saturated heterocycles. The maximum Gasteiger partial charge on any atom is 0.322 e. The molecular weight excluding hydrogens is 419 g/mol. The van der Waals surface area contributed by atoms with E-state index in [4.69, 9.17) is 0 Å². The minimum absolute atomic E-state index is 0.0479. The maximum absolute atomic E-state index is 13.6. The number of amides is 3. The molecule has 1 N–H and O–H groups in total. The molecule has 1 aliphatic heterocycles. The van der Waals surface area contributed by atoms with E-state index in [0.717, 1.165) is 16.8 Å². The molecule has 4 rings (SSSR count). The van der Waals surface area contributed by atoms with Crippen molar-refractivity contribution in [3.8, 4) is 0 Å². The van der Waals surface area contributed by atoms with Gasteiger partial charge in [-0.1, -0.05) is 29.8 Å². The first kappa shape index (κ1) is 22.6. The molecule has 0 aliphatic carbocycles. The Hall–Kier alpha value is -3.61. The minimum atomic E-state index is -0.337. The van der Waals surface area contributed by atoms with Gasteiger partial charge >= 0.3 is 6.03 Å². The fourth-order valence-electron chi connectivity index (χ4n) is 4.21. The summed E-state index contributed by atoms with van der Waals surface area (Å²) in [6, 6.07) is 16.9. The molecule has 1 unspecified atom stereocenters. The zero-order valence-corrected chi connectivity index (χ0v) is 19.2. The number of nitrogens with one attached hydrogen (secondary N) is 1. The van der Waals surface area contributed by atoms with Gasteiger partial charge in [0, 0.05) is 36.7 Å². The van der Waals surface area contributed by atoms with Gasteiger partial charge in [-0.3, -0.25) is 4.79 Å². The molecule has 0 saturated carbocycles. The number of urea groups is 1. The summed E-state index contributed by atoms with van der Waals surface area (Å²) in [7, 11) is 0. The van der Waals surface area contributed by atoms with Crippen LogP contribution in [0.15, 0.2) is 66.9 Å². The molecule has 0 spiro atoms. The second kappa shape index (κ2) is 9.48. The summed E-state index contributed by atoms with van der Waals surface area (Å²) in [6.45, 7) is 6.89. The summed E-state index contributed by atoms with van der Waals surface area (Å²) in [4.78, 5) is 29.8. The number of benzene rings is 2. The molecule has 172 valence electrons. The molecule has 2 aromatic carbocycles. The van der Waals surface area contributed by atoms with Crippen molar-refractivity contribution in [3.05, 3.63) is 89.5 Å². The summed E-state index contributed by atoms with van der Waals surface area (Å²) in [5.41, 5.74) is 3.60. The van der Waals surface area contributed by atoms with E-state index in [2.05, 4.69) is 9.88 Å². The van der Waals surface area contributed by atoms with Crippen molar-refractivity contribution in [2.24, 2.45) is 0 Å². The van der Waals surface area contributed by atoms with Crippen molar-refractivity contribution in [2.75, 3.05) is 18.4 Å². The lowest BCUT2D eigenvalue weighted by Gasteiger charge is -2.39.